The van der Waals surface area contributed by atoms with Crippen molar-refractivity contribution < 1.29 is 14.3 Å². The monoisotopic (exact) mass is 524 g/mol. The first-order chi connectivity index (χ1) is 19.1. The van der Waals surface area contributed by atoms with Crippen molar-refractivity contribution in [2.24, 2.45) is 10.2 Å². The van der Waals surface area contributed by atoms with Crippen LogP contribution in [0.25, 0.3) is 10.8 Å². The van der Waals surface area contributed by atoms with Crippen molar-refractivity contribution in [1.82, 2.24) is 9.97 Å². The molecule has 200 valence electrons. The maximum Gasteiger partial charge on any atom is 0.411 e. The van der Waals surface area contributed by atoms with E-state index in [0.29, 0.717) is 44.2 Å². The third-order valence-corrected chi connectivity index (χ3v) is 6.39. The normalized spacial score (nSPS) is 13.6. The lowest BCUT2D eigenvalue weighted by molar-refractivity contribution is 0.122. The zero-order valence-electron chi connectivity index (χ0n) is 22.0. The zero-order chi connectivity index (χ0) is 26.9. The van der Waals surface area contributed by atoms with E-state index in [-0.39, 0.29) is 6.61 Å². The molecular weight excluding hydrogens is 492 g/mol. The topological polar surface area (TPSA) is 101 Å². The van der Waals surface area contributed by atoms with Crippen molar-refractivity contribution in [3.05, 3.63) is 89.7 Å². The van der Waals surface area contributed by atoms with Crippen molar-refractivity contribution in [3.8, 4) is 0 Å². The second-order valence-corrected chi connectivity index (χ2v) is 9.38. The van der Waals surface area contributed by atoms with E-state index < -0.39 is 6.09 Å². The Hall–Kier alpha value is -4.37. The van der Waals surface area contributed by atoms with Crippen LogP contribution in [-0.2, 0) is 22.4 Å². The summed E-state index contributed by atoms with van der Waals surface area (Å²) in [6.07, 6.45) is 0.634. The van der Waals surface area contributed by atoms with Gasteiger partial charge in [0.15, 0.2) is 5.82 Å². The van der Waals surface area contributed by atoms with Gasteiger partial charge in [0.25, 0.3) is 0 Å². The van der Waals surface area contributed by atoms with Gasteiger partial charge in [-0.2, -0.15) is 5.11 Å². The minimum atomic E-state index is -0.486. The number of rotatable bonds is 9. The summed E-state index contributed by atoms with van der Waals surface area (Å²) >= 11 is 0. The zero-order valence-corrected chi connectivity index (χ0v) is 22.0. The number of aromatic nitrogens is 2. The first-order valence-corrected chi connectivity index (χ1v) is 13.2. The molecule has 2 heterocycles. The maximum atomic E-state index is 12.4. The lowest BCUT2D eigenvalue weighted by Crippen LogP contribution is -2.36. The molecule has 0 saturated carbocycles. The highest BCUT2D eigenvalue weighted by atomic mass is 16.5. The third-order valence-electron chi connectivity index (χ3n) is 6.39. The molecule has 5 rings (SSSR count). The Kier molecular flexibility index (Phi) is 8.70. The number of carbonyl (C=O) groups is 1. The van der Waals surface area contributed by atoms with Crippen LogP contribution in [0.2, 0.25) is 0 Å². The van der Waals surface area contributed by atoms with E-state index in [0.717, 1.165) is 40.9 Å². The number of nitrogens with one attached hydrogen (secondary N) is 1. The van der Waals surface area contributed by atoms with Gasteiger partial charge in [-0.05, 0) is 30.4 Å². The number of azo groups is 1. The molecule has 1 amide bonds. The summed E-state index contributed by atoms with van der Waals surface area (Å²) in [5.41, 5.74) is 3.01. The molecule has 0 radical (unpaired) electrons. The minimum absolute atomic E-state index is 0.242. The van der Waals surface area contributed by atoms with E-state index >= 15 is 0 Å². The fourth-order valence-corrected chi connectivity index (χ4v) is 4.46. The second-order valence-electron chi connectivity index (χ2n) is 9.38. The minimum Gasteiger partial charge on any atom is -0.449 e. The van der Waals surface area contributed by atoms with Gasteiger partial charge in [0.1, 0.15) is 11.6 Å². The Labute approximate surface area is 227 Å². The number of aryl methyl sites for hydroxylation is 2. The van der Waals surface area contributed by atoms with Crippen molar-refractivity contribution >= 4 is 34.2 Å². The molecule has 1 aromatic heterocycles. The van der Waals surface area contributed by atoms with Crippen LogP contribution in [0.1, 0.15) is 23.4 Å². The van der Waals surface area contributed by atoms with Crippen LogP contribution in [0.5, 0.6) is 0 Å². The van der Waals surface area contributed by atoms with Gasteiger partial charge in [-0.25, -0.2) is 14.8 Å². The molecule has 0 aliphatic carbocycles. The van der Waals surface area contributed by atoms with E-state index in [2.05, 4.69) is 44.5 Å². The van der Waals surface area contributed by atoms with Crippen molar-refractivity contribution in [1.29, 1.82) is 0 Å². The Bertz CT molecular complexity index is 1450. The van der Waals surface area contributed by atoms with Crippen molar-refractivity contribution in [2.45, 2.75) is 26.3 Å². The number of hydrogen-bond acceptors (Lipinski definition) is 8. The molecule has 9 nitrogen and oxygen atoms in total. The Balaban J connectivity index is 1.20. The van der Waals surface area contributed by atoms with Crippen molar-refractivity contribution in [2.75, 3.05) is 43.1 Å². The quantitative estimate of drug-likeness (QED) is 0.205. The molecule has 9 heteroatoms. The molecule has 1 aliphatic heterocycles. The van der Waals surface area contributed by atoms with E-state index in [1.54, 1.807) is 0 Å². The highest BCUT2D eigenvalue weighted by Crippen LogP contribution is 2.23. The number of morpholine rings is 1. The molecule has 0 bridgehead atoms. The van der Waals surface area contributed by atoms with Gasteiger partial charge < -0.3 is 14.4 Å². The largest absolute Gasteiger partial charge is 0.449 e. The van der Waals surface area contributed by atoms with Gasteiger partial charge in [0.2, 0.25) is 0 Å². The summed E-state index contributed by atoms with van der Waals surface area (Å²) in [5, 5.41) is 13.6. The molecule has 3 aromatic carbocycles. The van der Waals surface area contributed by atoms with E-state index in [1.165, 1.54) is 5.56 Å². The number of anilines is 2. The summed E-state index contributed by atoms with van der Waals surface area (Å²) in [5.74, 6) is 1.97. The predicted octanol–water partition coefficient (Wildman–Crippen LogP) is 6.24. The van der Waals surface area contributed by atoms with Crippen LogP contribution in [-0.4, -0.2) is 49.0 Å². The number of hydrogen-bond donors (Lipinski definition) is 1. The van der Waals surface area contributed by atoms with Gasteiger partial charge in [-0.1, -0.05) is 66.2 Å². The second kappa shape index (κ2) is 12.9. The molecule has 39 heavy (non-hydrogen) atoms. The van der Waals surface area contributed by atoms with Crippen LogP contribution in [0, 0.1) is 6.92 Å². The van der Waals surface area contributed by atoms with Gasteiger partial charge in [-0.3, -0.25) is 5.32 Å². The number of amides is 1. The average molecular weight is 525 g/mol. The molecule has 1 fully saturated rings. The van der Waals surface area contributed by atoms with Gasteiger partial charge in [0.05, 0.1) is 32.1 Å². The third kappa shape index (κ3) is 7.36. The van der Waals surface area contributed by atoms with Gasteiger partial charge >= 0.3 is 6.09 Å². The molecular formula is C30H32N6O3. The fraction of sp³-hybridized carbons (Fsp3) is 0.300. The first-order valence-electron chi connectivity index (χ1n) is 13.2. The molecule has 0 atom stereocenters. The first kappa shape index (κ1) is 26.2. The molecule has 4 aromatic rings. The summed E-state index contributed by atoms with van der Waals surface area (Å²) in [4.78, 5) is 24.0. The Morgan fingerprint density at radius 2 is 1.85 bits per heavy atom. The van der Waals surface area contributed by atoms with Gasteiger partial charge in [0, 0.05) is 31.0 Å². The Morgan fingerprint density at radius 3 is 2.72 bits per heavy atom. The number of carbonyl (C=O) groups excluding carboxylic acids is 1. The molecule has 0 spiro atoms. The lowest BCUT2D eigenvalue weighted by Gasteiger charge is -2.28. The highest BCUT2D eigenvalue weighted by molar-refractivity contribution is 6.00. The highest BCUT2D eigenvalue weighted by Gasteiger charge is 2.15. The van der Waals surface area contributed by atoms with Crippen LogP contribution in [0.3, 0.4) is 0 Å². The number of fused-ring (bicyclic) bond motifs is 1. The lowest BCUT2D eigenvalue weighted by atomic mass is 10.1. The molecule has 1 N–H and O–H groups in total. The van der Waals surface area contributed by atoms with Gasteiger partial charge in [-0.15, -0.1) is 5.11 Å². The standard InChI is InChI=1S/C30H32N6O3/c1-22-7-4-8-23(19-22)21-31-35-28-20-29(36-14-17-38-18-15-36)34-27(33-28)13-6-16-39-30(37)32-26-12-5-10-24-9-2-3-11-25(24)26/h2-5,7-12,19-20H,6,13-18,21H2,1H3,(H,32,37). The summed E-state index contributed by atoms with van der Waals surface area (Å²) in [6, 6.07) is 23.7. The van der Waals surface area contributed by atoms with E-state index in [4.69, 9.17) is 14.5 Å². The predicted molar refractivity (Wildman–Crippen MR) is 152 cm³/mol. The number of nitrogens with zero attached hydrogens (tertiary/aromatic N) is 5. The summed E-state index contributed by atoms with van der Waals surface area (Å²) in [6.45, 7) is 5.61. The van der Waals surface area contributed by atoms with E-state index in [9.17, 15) is 4.79 Å². The number of ether oxygens (including phenoxy) is 2. The Morgan fingerprint density at radius 1 is 1.03 bits per heavy atom. The molecule has 1 aliphatic rings. The summed E-state index contributed by atoms with van der Waals surface area (Å²) in [7, 11) is 0. The number of benzene rings is 3. The summed E-state index contributed by atoms with van der Waals surface area (Å²) < 4.78 is 10.9. The van der Waals surface area contributed by atoms with E-state index in [1.807, 2.05) is 60.7 Å². The molecule has 1 saturated heterocycles. The fourth-order valence-electron chi connectivity index (χ4n) is 4.46. The van der Waals surface area contributed by atoms with Crippen LogP contribution in [0.15, 0.2) is 83.0 Å². The average Bonchev–Trinajstić information content (AvgIpc) is 2.96. The maximum absolute atomic E-state index is 12.4. The molecule has 0 unspecified atom stereocenters. The van der Waals surface area contributed by atoms with Crippen LogP contribution >= 0.6 is 0 Å². The SMILES string of the molecule is Cc1cccc(CN=Nc2cc(N3CCOCC3)nc(CCCOC(=O)Nc3cccc4ccccc34)n2)c1. The smallest absolute Gasteiger partial charge is 0.411 e. The van der Waals surface area contributed by atoms with Crippen LogP contribution < -0.4 is 10.2 Å². The van der Waals surface area contributed by atoms with Crippen molar-refractivity contribution in [3.63, 3.8) is 0 Å². The van der Waals surface area contributed by atoms with Crippen LogP contribution in [0.4, 0.5) is 22.1 Å².